The van der Waals surface area contributed by atoms with Gasteiger partial charge in [-0.3, -0.25) is 9.36 Å². The van der Waals surface area contributed by atoms with Gasteiger partial charge in [-0.05, 0) is 30.2 Å². The zero-order chi connectivity index (χ0) is 18.5. The molecule has 6 nitrogen and oxygen atoms in total. The summed E-state index contributed by atoms with van der Waals surface area (Å²) in [6.07, 6.45) is 0. The van der Waals surface area contributed by atoms with Gasteiger partial charge < -0.3 is 9.64 Å². The van der Waals surface area contributed by atoms with Gasteiger partial charge in [0.05, 0.1) is 19.0 Å². The average Bonchev–Trinajstić information content (AvgIpc) is 3.03. The highest BCUT2D eigenvalue weighted by atomic mass is 35.5. The van der Waals surface area contributed by atoms with E-state index in [2.05, 4.69) is 33.5 Å². The van der Waals surface area contributed by atoms with Crippen LogP contribution in [0.25, 0.3) is 0 Å². The number of nitrogens with zero attached hydrogens (tertiary/aromatic N) is 4. The van der Waals surface area contributed by atoms with Crippen molar-refractivity contribution in [1.29, 1.82) is 0 Å². The van der Waals surface area contributed by atoms with E-state index in [1.54, 1.807) is 24.3 Å². The molecule has 0 spiro atoms. The lowest BCUT2D eigenvalue weighted by Crippen LogP contribution is -2.38. The Balaban J connectivity index is 1.73. The number of rotatable bonds is 7. The Labute approximate surface area is 162 Å². The maximum Gasteiger partial charge on any atom is 0.228 e. The van der Waals surface area contributed by atoms with Gasteiger partial charge in [0, 0.05) is 30.2 Å². The van der Waals surface area contributed by atoms with Crippen LogP contribution in [0.5, 0.6) is 0 Å². The molecule has 2 aromatic rings. The Bertz CT molecular complexity index is 742. The molecule has 1 fully saturated rings. The van der Waals surface area contributed by atoms with Crippen molar-refractivity contribution in [3.63, 3.8) is 0 Å². The van der Waals surface area contributed by atoms with Crippen molar-refractivity contribution in [2.45, 2.75) is 25.5 Å². The van der Waals surface area contributed by atoms with Gasteiger partial charge in [0.15, 0.2) is 10.9 Å². The number of carbonyl (C=O) groups is 1. The maximum absolute atomic E-state index is 12.4. The molecule has 0 amide bonds. The topological polar surface area (TPSA) is 60.2 Å². The quantitative estimate of drug-likeness (QED) is 0.530. The molecule has 1 aromatic carbocycles. The first-order valence-corrected chi connectivity index (χ1v) is 10.1. The third kappa shape index (κ3) is 4.78. The first kappa shape index (κ1) is 19.2. The van der Waals surface area contributed by atoms with E-state index < -0.39 is 0 Å². The summed E-state index contributed by atoms with van der Waals surface area (Å²) in [4.78, 5) is 14.6. The minimum Gasteiger partial charge on any atom is -0.378 e. The van der Waals surface area contributed by atoms with E-state index >= 15 is 0 Å². The van der Waals surface area contributed by atoms with Crippen molar-refractivity contribution in [3.05, 3.63) is 34.9 Å². The molecule has 8 heteroatoms. The summed E-state index contributed by atoms with van der Waals surface area (Å²) in [5.74, 6) is 1.69. The molecule has 26 heavy (non-hydrogen) atoms. The number of halogens is 1. The fourth-order valence-corrected chi connectivity index (χ4v) is 3.72. The van der Waals surface area contributed by atoms with Crippen LogP contribution in [0.3, 0.4) is 0 Å². The van der Waals surface area contributed by atoms with Crippen LogP contribution in [0.1, 0.15) is 24.2 Å². The number of anilines is 1. The van der Waals surface area contributed by atoms with Crippen molar-refractivity contribution in [1.82, 2.24) is 14.8 Å². The fourth-order valence-electron chi connectivity index (χ4n) is 2.76. The third-order valence-corrected chi connectivity index (χ3v) is 5.26. The van der Waals surface area contributed by atoms with Crippen LogP contribution in [0.15, 0.2) is 29.4 Å². The SMILES string of the molecule is CC(C)Cn1c(SCC(=O)c2ccc(Cl)cc2)nnc1N1CCOCC1. The summed E-state index contributed by atoms with van der Waals surface area (Å²) in [5.41, 5.74) is 0.658. The lowest BCUT2D eigenvalue weighted by atomic mass is 10.1. The summed E-state index contributed by atoms with van der Waals surface area (Å²) in [7, 11) is 0. The van der Waals surface area contributed by atoms with Crippen molar-refractivity contribution >= 4 is 35.1 Å². The number of carbonyl (C=O) groups excluding carboxylic acids is 1. The monoisotopic (exact) mass is 394 g/mol. The number of thioether (sulfide) groups is 1. The molecule has 0 aliphatic carbocycles. The minimum atomic E-state index is 0.0543. The first-order chi connectivity index (χ1) is 12.5. The smallest absolute Gasteiger partial charge is 0.228 e. The van der Waals surface area contributed by atoms with Crippen LogP contribution in [-0.4, -0.2) is 52.6 Å². The highest BCUT2D eigenvalue weighted by molar-refractivity contribution is 7.99. The molecule has 0 bridgehead atoms. The molecule has 1 saturated heterocycles. The molecule has 1 aliphatic rings. The van der Waals surface area contributed by atoms with Crippen molar-refractivity contribution in [3.8, 4) is 0 Å². The van der Waals surface area contributed by atoms with Crippen LogP contribution in [-0.2, 0) is 11.3 Å². The van der Waals surface area contributed by atoms with Crippen LogP contribution in [0, 0.1) is 5.92 Å². The van der Waals surface area contributed by atoms with E-state index in [4.69, 9.17) is 16.3 Å². The predicted molar refractivity (Wildman–Crippen MR) is 104 cm³/mol. The molecule has 0 atom stereocenters. The highest BCUT2D eigenvalue weighted by Gasteiger charge is 2.21. The van der Waals surface area contributed by atoms with E-state index in [9.17, 15) is 4.79 Å². The molecule has 1 aromatic heterocycles. The number of hydrogen-bond donors (Lipinski definition) is 0. The van der Waals surface area contributed by atoms with Crippen LogP contribution in [0.2, 0.25) is 5.02 Å². The zero-order valence-corrected chi connectivity index (χ0v) is 16.6. The van der Waals surface area contributed by atoms with Gasteiger partial charge in [0.2, 0.25) is 5.95 Å². The average molecular weight is 395 g/mol. The number of hydrogen-bond acceptors (Lipinski definition) is 6. The van der Waals surface area contributed by atoms with Gasteiger partial charge in [-0.2, -0.15) is 0 Å². The second kappa shape index (κ2) is 8.88. The van der Waals surface area contributed by atoms with Gasteiger partial charge >= 0.3 is 0 Å². The predicted octanol–water partition coefficient (Wildman–Crippen LogP) is 3.40. The summed E-state index contributed by atoms with van der Waals surface area (Å²) < 4.78 is 7.55. The lowest BCUT2D eigenvalue weighted by Gasteiger charge is -2.28. The third-order valence-electron chi connectivity index (χ3n) is 4.04. The van der Waals surface area contributed by atoms with E-state index in [-0.39, 0.29) is 5.78 Å². The molecule has 2 heterocycles. The number of morpholine rings is 1. The minimum absolute atomic E-state index is 0.0543. The molecule has 0 saturated carbocycles. The molecule has 140 valence electrons. The summed E-state index contributed by atoms with van der Waals surface area (Å²) in [6, 6.07) is 6.97. The Morgan fingerprint density at radius 3 is 2.58 bits per heavy atom. The number of ketones is 1. The standard InChI is InChI=1S/C18H23ClN4O2S/c1-13(2)11-23-17(22-7-9-25-10-8-22)20-21-18(23)26-12-16(24)14-3-5-15(19)6-4-14/h3-6,13H,7-12H2,1-2H3. The van der Waals surface area contributed by atoms with E-state index in [1.165, 1.54) is 11.8 Å². The number of aromatic nitrogens is 3. The summed E-state index contributed by atoms with van der Waals surface area (Å²) in [5, 5.41) is 10.1. The largest absolute Gasteiger partial charge is 0.378 e. The Morgan fingerprint density at radius 2 is 1.92 bits per heavy atom. The number of benzene rings is 1. The second-order valence-corrected chi connectivity index (χ2v) is 7.98. The van der Waals surface area contributed by atoms with Crippen molar-refractivity contribution in [2.24, 2.45) is 5.92 Å². The van der Waals surface area contributed by atoms with E-state index in [1.807, 2.05) is 0 Å². The Hall–Kier alpha value is -1.57. The van der Waals surface area contributed by atoms with Crippen LogP contribution < -0.4 is 4.90 Å². The zero-order valence-electron chi connectivity index (χ0n) is 15.0. The Morgan fingerprint density at radius 1 is 1.23 bits per heavy atom. The normalized spacial score (nSPS) is 14.8. The first-order valence-electron chi connectivity index (χ1n) is 8.72. The van der Waals surface area contributed by atoms with Crippen molar-refractivity contribution < 1.29 is 9.53 Å². The van der Waals surface area contributed by atoms with Gasteiger partial charge in [0.25, 0.3) is 0 Å². The van der Waals surface area contributed by atoms with Gasteiger partial charge in [-0.25, -0.2) is 0 Å². The molecule has 0 unspecified atom stereocenters. The number of ether oxygens (including phenoxy) is 1. The Kier molecular flexibility index (Phi) is 6.56. The molecular weight excluding hydrogens is 372 g/mol. The summed E-state index contributed by atoms with van der Waals surface area (Å²) >= 11 is 7.31. The van der Waals surface area contributed by atoms with Crippen LogP contribution >= 0.6 is 23.4 Å². The molecule has 0 N–H and O–H groups in total. The van der Waals surface area contributed by atoms with Gasteiger partial charge in [-0.15, -0.1) is 10.2 Å². The van der Waals surface area contributed by atoms with E-state index in [0.29, 0.717) is 35.5 Å². The lowest BCUT2D eigenvalue weighted by molar-refractivity contribution is 0.102. The molecule has 0 radical (unpaired) electrons. The second-order valence-electron chi connectivity index (χ2n) is 6.61. The van der Waals surface area contributed by atoms with Gasteiger partial charge in [0.1, 0.15) is 0 Å². The highest BCUT2D eigenvalue weighted by Crippen LogP contribution is 2.25. The van der Waals surface area contributed by atoms with Crippen LogP contribution in [0.4, 0.5) is 5.95 Å². The number of Topliss-reactive ketones (excluding diaryl/α,β-unsaturated/α-hetero) is 1. The molecular formula is C18H23ClN4O2S. The fraction of sp³-hybridized carbons (Fsp3) is 0.500. The van der Waals surface area contributed by atoms with E-state index in [0.717, 1.165) is 30.7 Å². The molecule has 3 rings (SSSR count). The maximum atomic E-state index is 12.4. The molecule has 1 aliphatic heterocycles. The van der Waals surface area contributed by atoms with Gasteiger partial charge in [-0.1, -0.05) is 37.2 Å². The summed E-state index contributed by atoms with van der Waals surface area (Å²) in [6.45, 7) is 8.16. The van der Waals surface area contributed by atoms with Crippen molar-refractivity contribution in [2.75, 3.05) is 37.0 Å².